The first-order chi connectivity index (χ1) is 9.12. The van der Waals surface area contributed by atoms with E-state index in [2.05, 4.69) is 4.72 Å². The molecule has 1 heterocycles. The van der Waals surface area contributed by atoms with Crippen molar-refractivity contribution in [2.45, 2.75) is 61.8 Å². The molecule has 2 N–H and O–H groups in total. The van der Waals surface area contributed by atoms with E-state index in [0.717, 1.165) is 25.7 Å². The summed E-state index contributed by atoms with van der Waals surface area (Å²) >= 11 is 1.17. The molecule has 1 aliphatic carbocycles. The number of hydrogen-bond acceptors (Lipinski definition) is 4. The van der Waals surface area contributed by atoms with Gasteiger partial charge in [0, 0.05) is 6.04 Å². The molecule has 0 amide bonds. The summed E-state index contributed by atoms with van der Waals surface area (Å²) in [5.74, 6) is 0. The molecule has 4 nitrogen and oxygen atoms in total. The van der Waals surface area contributed by atoms with E-state index in [9.17, 15) is 8.42 Å². The second-order valence-corrected chi connectivity index (χ2v) is 7.95. The van der Waals surface area contributed by atoms with Crippen molar-refractivity contribution in [1.29, 1.82) is 0 Å². The predicted octanol–water partition coefficient (Wildman–Crippen LogP) is 2.63. The van der Waals surface area contributed by atoms with Crippen LogP contribution in [0.4, 0.5) is 0 Å². The van der Waals surface area contributed by atoms with Crippen LogP contribution in [0, 0.1) is 0 Å². The van der Waals surface area contributed by atoms with E-state index in [1.807, 2.05) is 0 Å². The van der Waals surface area contributed by atoms with Crippen LogP contribution < -0.4 is 4.72 Å². The Morgan fingerprint density at radius 1 is 1.21 bits per heavy atom. The lowest BCUT2D eigenvalue weighted by Gasteiger charge is -2.20. The number of thiophene rings is 1. The van der Waals surface area contributed by atoms with E-state index in [-0.39, 0.29) is 12.6 Å². The number of rotatable bonds is 4. The molecule has 1 saturated carbocycles. The van der Waals surface area contributed by atoms with Gasteiger partial charge in [-0.3, -0.25) is 0 Å². The monoisotopic (exact) mass is 303 g/mol. The number of aliphatic hydroxyl groups excluding tert-OH is 1. The number of aliphatic hydroxyl groups is 1. The summed E-state index contributed by atoms with van der Waals surface area (Å²) < 4.78 is 27.6. The van der Waals surface area contributed by atoms with Crippen LogP contribution in [0.15, 0.2) is 15.7 Å². The summed E-state index contributed by atoms with van der Waals surface area (Å²) in [6.45, 7) is -0.116. The van der Waals surface area contributed by atoms with Crippen LogP contribution in [0.1, 0.15) is 50.5 Å². The van der Waals surface area contributed by atoms with Gasteiger partial charge in [0.2, 0.25) is 10.0 Å². The van der Waals surface area contributed by atoms with Crippen molar-refractivity contribution in [2.24, 2.45) is 0 Å². The molecule has 0 bridgehead atoms. The molecule has 0 saturated heterocycles. The molecule has 0 radical (unpaired) electrons. The summed E-state index contributed by atoms with van der Waals surface area (Å²) in [7, 11) is -3.42. The Labute approximate surface area is 118 Å². The van der Waals surface area contributed by atoms with Crippen molar-refractivity contribution in [2.75, 3.05) is 0 Å². The Kier molecular flexibility index (Phi) is 5.38. The predicted molar refractivity (Wildman–Crippen MR) is 76.7 cm³/mol. The first-order valence-corrected chi connectivity index (χ1v) is 9.19. The molecule has 1 fully saturated rings. The van der Waals surface area contributed by atoms with Crippen LogP contribution >= 0.6 is 11.3 Å². The minimum Gasteiger partial charge on any atom is -0.392 e. The summed E-state index contributed by atoms with van der Waals surface area (Å²) in [4.78, 5) is 0. The third kappa shape index (κ3) is 4.27. The standard InChI is InChI=1S/C13H21NO3S2/c15-9-11-8-13(18-10-11)19(16,17)14-12-6-4-2-1-3-5-7-12/h8,10,12,14-15H,1-7,9H2. The van der Waals surface area contributed by atoms with Crippen LogP contribution in [0.3, 0.4) is 0 Å². The van der Waals surface area contributed by atoms with Crippen LogP contribution in [0.25, 0.3) is 0 Å². The van der Waals surface area contributed by atoms with Crippen molar-refractivity contribution in [3.8, 4) is 0 Å². The second kappa shape index (κ2) is 6.83. The van der Waals surface area contributed by atoms with Gasteiger partial charge in [-0.2, -0.15) is 0 Å². The lowest BCUT2D eigenvalue weighted by molar-refractivity contribution is 0.282. The third-order valence-corrected chi connectivity index (χ3v) is 6.51. The summed E-state index contributed by atoms with van der Waals surface area (Å²) in [6, 6.07) is 1.61. The van der Waals surface area contributed by atoms with Gasteiger partial charge in [-0.25, -0.2) is 13.1 Å². The van der Waals surface area contributed by atoms with Crippen molar-refractivity contribution in [3.05, 3.63) is 17.0 Å². The average Bonchev–Trinajstić information content (AvgIpc) is 2.82. The van der Waals surface area contributed by atoms with Gasteiger partial charge < -0.3 is 5.11 Å². The maximum absolute atomic E-state index is 12.2. The number of nitrogens with one attached hydrogen (secondary N) is 1. The Morgan fingerprint density at radius 2 is 1.84 bits per heavy atom. The van der Waals surface area contributed by atoms with E-state index in [0.29, 0.717) is 9.77 Å². The number of hydrogen-bond donors (Lipinski definition) is 2. The molecule has 2 rings (SSSR count). The lowest BCUT2D eigenvalue weighted by atomic mass is 9.97. The quantitative estimate of drug-likeness (QED) is 0.898. The molecule has 0 spiro atoms. The van der Waals surface area contributed by atoms with Crippen molar-refractivity contribution in [3.63, 3.8) is 0 Å². The molecule has 0 atom stereocenters. The molecular formula is C13H21NO3S2. The Morgan fingerprint density at radius 3 is 2.42 bits per heavy atom. The highest BCUT2D eigenvalue weighted by Crippen LogP contribution is 2.23. The molecule has 0 aromatic carbocycles. The van der Waals surface area contributed by atoms with Crippen molar-refractivity contribution in [1.82, 2.24) is 4.72 Å². The summed E-state index contributed by atoms with van der Waals surface area (Å²) in [5, 5.41) is 10.7. The highest BCUT2D eigenvalue weighted by atomic mass is 32.2. The van der Waals surface area contributed by atoms with Crippen LogP contribution in [-0.2, 0) is 16.6 Å². The van der Waals surface area contributed by atoms with E-state index in [1.165, 1.54) is 30.6 Å². The van der Waals surface area contributed by atoms with Gasteiger partial charge in [-0.15, -0.1) is 11.3 Å². The SMILES string of the molecule is O=S(=O)(NC1CCCCCCC1)c1cc(CO)cs1. The van der Waals surface area contributed by atoms with E-state index < -0.39 is 10.0 Å². The van der Waals surface area contributed by atoms with E-state index in [1.54, 1.807) is 11.4 Å². The van der Waals surface area contributed by atoms with Crippen molar-refractivity contribution < 1.29 is 13.5 Å². The van der Waals surface area contributed by atoms with E-state index in [4.69, 9.17) is 5.11 Å². The Bertz CT molecular complexity index is 488. The zero-order valence-electron chi connectivity index (χ0n) is 11.0. The molecule has 6 heteroatoms. The zero-order valence-corrected chi connectivity index (χ0v) is 12.6. The van der Waals surface area contributed by atoms with Gasteiger partial charge in [-0.1, -0.05) is 32.1 Å². The Balaban J connectivity index is 2.02. The lowest BCUT2D eigenvalue weighted by Crippen LogP contribution is -2.34. The normalized spacial score (nSPS) is 19.0. The van der Waals surface area contributed by atoms with Gasteiger partial charge in [0.05, 0.1) is 6.61 Å². The zero-order chi connectivity index (χ0) is 13.7. The first kappa shape index (κ1) is 15.0. The highest BCUT2D eigenvalue weighted by Gasteiger charge is 2.22. The summed E-state index contributed by atoms with van der Waals surface area (Å²) in [5.41, 5.74) is 0.656. The molecule has 108 valence electrons. The van der Waals surface area contributed by atoms with Gasteiger partial charge in [0.25, 0.3) is 0 Å². The minimum absolute atomic E-state index is 0.0602. The maximum Gasteiger partial charge on any atom is 0.250 e. The fourth-order valence-electron chi connectivity index (χ4n) is 2.43. The summed E-state index contributed by atoms with van der Waals surface area (Å²) in [6.07, 6.45) is 7.72. The highest BCUT2D eigenvalue weighted by molar-refractivity contribution is 7.91. The topological polar surface area (TPSA) is 66.4 Å². The molecule has 0 aliphatic heterocycles. The van der Waals surface area contributed by atoms with Crippen molar-refractivity contribution >= 4 is 21.4 Å². The first-order valence-electron chi connectivity index (χ1n) is 6.82. The van der Waals surface area contributed by atoms with E-state index >= 15 is 0 Å². The molecule has 19 heavy (non-hydrogen) atoms. The molecule has 0 unspecified atom stereocenters. The van der Waals surface area contributed by atoms with Crippen LogP contribution in [0.5, 0.6) is 0 Å². The average molecular weight is 303 g/mol. The maximum atomic E-state index is 12.2. The smallest absolute Gasteiger partial charge is 0.250 e. The number of sulfonamides is 1. The third-order valence-electron chi connectivity index (χ3n) is 3.50. The minimum atomic E-state index is -3.42. The Hall–Kier alpha value is -0.430. The fraction of sp³-hybridized carbons (Fsp3) is 0.692. The molecule has 1 aromatic heterocycles. The molecule has 1 aromatic rings. The molecular weight excluding hydrogens is 282 g/mol. The van der Waals surface area contributed by atoms with Gasteiger partial charge in [0.1, 0.15) is 4.21 Å². The molecule has 1 aliphatic rings. The largest absolute Gasteiger partial charge is 0.392 e. The van der Waals surface area contributed by atoms with Gasteiger partial charge in [0.15, 0.2) is 0 Å². The van der Waals surface area contributed by atoms with Gasteiger partial charge >= 0.3 is 0 Å². The second-order valence-electron chi connectivity index (χ2n) is 5.10. The van der Waals surface area contributed by atoms with Gasteiger partial charge in [-0.05, 0) is 29.9 Å². The van der Waals surface area contributed by atoms with Crippen LogP contribution in [0.2, 0.25) is 0 Å². The van der Waals surface area contributed by atoms with Crippen LogP contribution in [-0.4, -0.2) is 19.6 Å². The fourth-order valence-corrected chi connectivity index (χ4v) is 4.95.